The molecule has 0 fully saturated rings. The molecule has 176 valence electrons. The van der Waals surface area contributed by atoms with Crippen LogP contribution in [0.25, 0.3) is 10.6 Å². The lowest BCUT2D eigenvalue weighted by molar-refractivity contribution is -0.127. The van der Waals surface area contributed by atoms with E-state index >= 15 is 0 Å². The molecular weight excluding hydrogens is 460 g/mol. The Balaban J connectivity index is 1.35. The summed E-state index contributed by atoms with van der Waals surface area (Å²) in [6.45, 7) is 2.43. The molecule has 7 nitrogen and oxygen atoms in total. The summed E-state index contributed by atoms with van der Waals surface area (Å²) < 4.78 is 5.99. The first-order valence-corrected chi connectivity index (χ1v) is 12.2. The molecule has 8 heteroatoms. The van der Waals surface area contributed by atoms with E-state index in [1.165, 1.54) is 11.3 Å². The van der Waals surface area contributed by atoms with Crippen LogP contribution in [0, 0.1) is 6.92 Å². The van der Waals surface area contributed by atoms with E-state index in [4.69, 9.17) is 4.74 Å². The quantitative estimate of drug-likeness (QED) is 0.442. The second kappa shape index (κ2) is 10.1. The van der Waals surface area contributed by atoms with Crippen molar-refractivity contribution >= 4 is 28.8 Å². The Labute approximate surface area is 207 Å². The molecule has 0 radical (unpaired) electrons. The molecule has 1 aliphatic heterocycles. The lowest BCUT2D eigenvalue weighted by atomic mass is 10.1. The van der Waals surface area contributed by atoms with Gasteiger partial charge in [-0.1, -0.05) is 42.5 Å². The number of nitrogens with zero attached hydrogens (tertiary/aromatic N) is 3. The summed E-state index contributed by atoms with van der Waals surface area (Å²) in [4.78, 5) is 37.6. The number of aromatic nitrogens is 2. The number of ether oxygens (including phenoxy) is 1. The fourth-order valence-corrected chi connectivity index (χ4v) is 4.99. The molecule has 5 rings (SSSR count). The Hall–Kier alpha value is -4.04. The Morgan fingerprint density at radius 3 is 2.69 bits per heavy atom. The zero-order valence-corrected chi connectivity index (χ0v) is 20.0. The van der Waals surface area contributed by atoms with Crippen LogP contribution in [0.4, 0.5) is 5.69 Å². The SMILES string of the molecule is Cc1nc(-c2cccnc2)sc1C(=O)N1C[C@H](C(=O)NCCc2ccccc2)Oc2ccccc21. The number of hydrogen-bond acceptors (Lipinski definition) is 6. The highest BCUT2D eigenvalue weighted by Gasteiger charge is 2.35. The summed E-state index contributed by atoms with van der Waals surface area (Å²) in [6, 6.07) is 21.0. The predicted molar refractivity (Wildman–Crippen MR) is 136 cm³/mol. The standard InChI is InChI=1S/C27H24N4O3S/c1-18-24(35-26(30-18)20-10-7-14-28-16-20)27(33)31-17-23(34-22-12-6-5-11-21(22)31)25(32)29-15-13-19-8-3-2-4-9-19/h2-12,14,16,23H,13,15,17H2,1H3,(H,29,32)/t23-/m1/s1. The van der Waals surface area contributed by atoms with Gasteiger partial charge in [0.2, 0.25) is 0 Å². The number of benzene rings is 2. The molecule has 1 N–H and O–H groups in total. The molecule has 2 aromatic carbocycles. The Bertz CT molecular complexity index is 1340. The van der Waals surface area contributed by atoms with E-state index in [0.717, 1.165) is 22.6 Å². The van der Waals surface area contributed by atoms with E-state index in [1.54, 1.807) is 23.4 Å². The van der Waals surface area contributed by atoms with E-state index in [1.807, 2.05) is 67.6 Å². The highest BCUT2D eigenvalue weighted by Crippen LogP contribution is 2.36. The third-order valence-electron chi connectivity index (χ3n) is 5.77. The van der Waals surface area contributed by atoms with Crippen LogP contribution in [0.1, 0.15) is 20.9 Å². The number of pyridine rings is 1. The normalized spacial score (nSPS) is 14.7. The van der Waals surface area contributed by atoms with Gasteiger partial charge in [0.05, 0.1) is 17.9 Å². The van der Waals surface area contributed by atoms with Crippen LogP contribution in [0.2, 0.25) is 0 Å². The van der Waals surface area contributed by atoms with Gasteiger partial charge in [0.1, 0.15) is 15.6 Å². The maximum absolute atomic E-state index is 13.7. The number of anilines is 1. The maximum atomic E-state index is 13.7. The molecule has 4 aromatic rings. The van der Waals surface area contributed by atoms with Gasteiger partial charge in [-0.25, -0.2) is 4.98 Å². The van der Waals surface area contributed by atoms with Gasteiger partial charge in [-0.05, 0) is 43.2 Å². The van der Waals surface area contributed by atoms with Crippen molar-refractivity contribution in [2.24, 2.45) is 0 Å². The number of fused-ring (bicyclic) bond motifs is 1. The molecule has 1 aliphatic rings. The van der Waals surface area contributed by atoms with Gasteiger partial charge < -0.3 is 10.1 Å². The number of aryl methyl sites for hydroxylation is 1. The molecular formula is C27H24N4O3S. The lowest BCUT2D eigenvalue weighted by Crippen LogP contribution is -2.51. The van der Waals surface area contributed by atoms with Crippen molar-refractivity contribution in [3.05, 3.63) is 95.3 Å². The number of para-hydroxylation sites is 2. The molecule has 0 saturated carbocycles. The summed E-state index contributed by atoms with van der Waals surface area (Å²) >= 11 is 1.33. The molecule has 35 heavy (non-hydrogen) atoms. The van der Waals surface area contributed by atoms with Crippen molar-refractivity contribution in [2.45, 2.75) is 19.4 Å². The Kier molecular flexibility index (Phi) is 6.54. The van der Waals surface area contributed by atoms with Crippen molar-refractivity contribution in [2.75, 3.05) is 18.0 Å². The summed E-state index contributed by atoms with van der Waals surface area (Å²) in [5, 5.41) is 3.68. The molecule has 0 unspecified atom stereocenters. The highest BCUT2D eigenvalue weighted by atomic mass is 32.1. The second-order valence-electron chi connectivity index (χ2n) is 8.19. The zero-order chi connectivity index (χ0) is 24.2. The number of carbonyl (C=O) groups excluding carboxylic acids is 2. The van der Waals surface area contributed by atoms with E-state index in [-0.39, 0.29) is 18.4 Å². The Morgan fingerprint density at radius 2 is 1.89 bits per heavy atom. The van der Waals surface area contributed by atoms with Crippen LogP contribution in [-0.2, 0) is 11.2 Å². The van der Waals surface area contributed by atoms with Crippen LogP contribution in [0.3, 0.4) is 0 Å². The van der Waals surface area contributed by atoms with Crippen molar-refractivity contribution in [1.29, 1.82) is 0 Å². The van der Waals surface area contributed by atoms with Gasteiger partial charge >= 0.3 is 0 Å². The highest BCUT2D eigenvalue weighted by molar-refractivity contribution is 7.17. The Morgan fingerprint density at radius 1 is 1.09 bits per heavy atom. The molecule has 2 aromatic heterocycles. The van der Waals surface area contributed by atoms with Gasteiger partial charge in [0.25, 0.3) is 11.8 Å². The van der Waals surface area contributed by atoms with E-state index in [2.05, 4.69) is 15.3 Å². The molecule has 0 saturated heterocycles. The largest absolute Gasteiger partial charge is 0.477 e. The van der Waals surface area contributed by atoms with Gasteiger partial charge in [0.15, 0.2) is 6.10 Å². The average Bonchev–Trinajstić information content (AvgIpc) is 3.30. The van der Waals surface area contributed by atoms with Crippen LogP contribution >= 0.6 is 11.3 Å². The van der Waals surface area contributed by atoms with Crippen LogP contribution in [0.15, 0.2) is 79.1 Å². The van der Waals surface area contributed by atoms with Gasteiger partial charge in [-0.2, -0.15) is 0 Å². The van der Waals surface area contributed by atoms with Crippen LogP contribution < -0.4 is 15.0 Å². The number of amides is 2. The third kappa shape index (κ3) is 4.93. The first kappa shape index (κ1) is 22.7. The summed E-state index contributed by atoms with van der Waals surface area (Å²) in [7, 11) is 0. The predicted octanol–water partition coefficient (Wildman–Crippen LogP) is 4.28. The molecule has 3 heterocycles. The van der Waals surface area contributed by atoms with Crippen LogP contribution in [0.5, 0.6) is 5.75 Å². The van der Waals surface area contributed by atoms with Crippen molar-refractivity contribution < 1.29 is 14.3 Å². The fraction of sp³-hybridized carbons (Fsp3) is 0.185. The minimum Gasteiger partial charge on any atom is -0.477 e. The number of thiazole rings is 1. The zero-order valence-electron chi connectivity index (χ0n) is 19.2. The average molecular weight is 485 g/mol. The fourth-order valence-electron chi connectivity index (χ4n) is 3.98. The number of nitrogens with one attached hydrogen (secondary N) is 1. The second-order valence-corrected chi connectivity index (χ2v) is 9.19. The smallest absolute Gasteiger partial charge is 0.270 e. The molecule has 2 amide bonds. The van der Waals surface area contributed by atoms with Crippen molar-refractivity contribution in [1.82, 2.24) is 15.3 Å². The van der Waals surface area contributed by atoms with E-state index in [9.17, 15) is 9.59 Å². The molecule has 0 aliphatic carbocycles. The van der Waals surface area contributed by atoms with Gasteiger partial charge in [-0.15, -0.1) is 11.3 Å². The van der Waals surface area contributed by atoms with Gasteiger partial charge in [-0.3, -0.25) is 19.5 Å². The van der Waals surface area contributed by atoms with Crippen LogP contribution in [-0.4, -0.2) is 41.0 Å². The summed E-state index contributed by atoms with van der Waals surface area (Å²) in [5.41, 5.74) is 3.29. The lowest BCUT2D eigenvalue weighted by Gasteiger charge is -2.34. The number of carbonyl (C=O) groups is 2. The number of hydrogen-bond donors (Lipinski definition) is 1. The van der Waals surface area contributed by atoms with E-state index in [0.29, 0.717) is 28.6 Å². The summed E-state index contributed by atoms with van der Waals surface area (Å²) in [6.07, 6.45) is 3.34. The molecule has 0 spiro atoms. The van der Waals surface area contributed by atoms with Crippen molar-refractivity contribution in [3.8, 4) is 16.3 Å². The maximum Gasteiger partial charge on any atom is 0.270 e. The third-order valence-corrected chi connectivity index (χ3v) is 6.96. The summed E-state index contributed by atoms with van der Waals surface area (Å²) in [5.74, 6) is 0.0586. The monoisotopic (exact) mass is 484 g/mol. The minimum absolute atomic E-state index is 0.118. The molecule has 1 atom stereocenters. The number of rotatable bonds is 6. The van der Waals surface area contributed by atoms with Gasteiger partial charge in [0, 0.05) is 24.5 Å². The topological polar surface area (TPSA) is 84.4 Å². The first-order chi connectivity index (χ1) is 17.1. The first-order valence-electron chi connectivity index (χ1n) is 11.4. The molecule has 0 bridgehead atoms. The van der Waals surface area contributed by atoms with E-state index < -0.39 is 6.10 Å². The minimum atomic E-state index is -0.810. The van der Waals surface area contributed by atoms with Crippen molar-refractivity contribution in [3.63, 3.8) is 0 Å².